The molecular weight excluding hydrogens is 216 g/mol. The summed E-state index contributed by atoms with van der Waals surface area (Å²) in [5.74, 6) is 1.38. The van der Waals surface area contributed by atoms with Gasteiger partial charge in [0, 0.05) is 6.61 Å². The lowest BCUT2D eigenvalue weighted by Gasteiger charge is -2.19. The van der Waals surface area contributed by atoms with Gasteiger partial charge in [0.2, 0.25) is 5.95 Å². The molecule has 1 aromatic rings. The van der Waals surface area contributed by atoms with Gasteiger partial charge in [0.15, 0.2) is 0 Å². The highest BCUT2D eigenvalue weighted by Gasteiger charge is 2.40. The molecule has 1 saturated heterocycles. The summed E-state index contributed by atoms with van der Waals surface area (Å²) in [4.78, 5) is 4.41. The number of aryl methyl sites for hydroxylation is 2. The Morgan fingerprint density at radius 1 is 1.12 bits per heavy atom. The zero-order chi connectivity index (χ0) is 11.8. The minimum atomic E-state index is 0.347. The first-order valence-electron chi connectivity index (χ1n) is 6.30. The van der Waals surface area contributed by atoms with Gasteiger partial charge >= 0.3 is 0 Å². The SMILES string of the molecule is Cc1nnc(NC2CCOC2C2CC2)nc1C. The molecule has 2 heterocycles. The van der Waals surface area contributed by atoms with Crippen molar-refractivity contribution < 1.29 is 4.74 Å². The molecule has 1 saturated carbocycles. The minimum Gasteiger partial charge on any atom is -0.376 e. The highest BCUT2D eigenvalue weighted by atomic mass is 16.5. The molecule has 2 fully saturated rings. The first-order valence-corrected chi connectivity index (χ1v) is 6.30. The molecule has 3 rings (SSSR count). The zero-order valence-corrected chi connectivity index (χ0v) is 10.3. The van der Waals surface area contributed by atoms with E-state index in [1.165, 1.54) is 12.8 Å². The van der Waals surface area contributed by atoms with E-state index in [2.05, 4.69) is 20.5 Å². The van der Waals surface area contributed by atoms with Crippen molar-refractivity contribution in [3.05, 3.63) is 11.4 Å². The highest BCUT2D eigenvalue weighted by molar-refractivity contribution is 5.27. The standard InChI is InChI=1S/C12H18N4O/c1-7-8(2)15-16-12(13-7)14-10-5-6-17-11(10)9-3-4-9/h9-11H,3-6H2,1-2H3,(H,13,14,16). The number of hydrogen-bond acceptors (Lipinski definition) is 5. The van der Waals surface area contributed by atoms with Gasteiger partial charge < -0.3 is 10.1 Å². The van der Waals surface area contributed by atoms with Gasteiger partial charge in [0.25, 0.3) is 0 Å². The van der Waals surface area contributed by atoms with Crippen molar-refractivity contribution >= 4 is 5.95 Å². The van der Waals surface area contributed by atoms with Gasteiger partial charge in [-0.1, -0.05) is 0 Å². The molecule has 2 atom stereocenters. The number of anilines is 1. The van der Waals surface area contributed by atoms with Crippen LogP contribution in [0.5, 0.6) is 0 Å². The van der Waals surface area contributed by atoms with Crippen molar-refractivity contribution in [3.63, 3.8) is 0 Å². The molecule has 17 heavy (non-hydrogen) atoms. The summed E-state index contributed by atoms with van der Waals surface area (Å²) in [5, 5.41) is 11.6. The molecule has 0 aromatic carbocycles. The molecule has 1 aliphatic heterocycles. The molecule has 0 radical (unpaired) electrons. The van der Waals surface area contributed by atoms with E-state index in [4.69, 9.17) is 4.74 Å². The quantitative estimate of drug-likeness (QED) is 0.858. The minimum absolute atomic E-state index is 0.347. The van der Waals surface area contributed by atoms with Gasteiger partial charge in [-0.2, -0.15) is 5.10 Å². The number of rotatable bonds is 3. The summed E-state index contributed by atoms with van der Waals surface area (Å²) < 4.78 is 5.78. The van der Waals surface area contributed by atoms with Gasteiger partial charge in [-0.25, -0.2) is 4.98 Å². The van der Waals surface area contributed by atoms with E-state index >= 15 is 0 Å². The van der Waals surface area contributed by atoms with E-state index in [0.717, 1.165) is 30.3 Å². The molecule has 92 valence electrons. The molecule has 5 nitrogen and oxygen atoms in total. The topological polar surface area (TPSA) is 59.9 Å². The van der Waals surface area contributed by atoms with Gasteiger partial charge in [-0.05, 0) is 39.0 Å². The van der Waals surface area contributed by atoms with Crippen LogP contribution in [0.4, 0.5) is 5.95 Å². The molecule has 1 aromatic heterocycles. The summed E-state index contributed by atoms with van der Waals surface area (Å²) in [6.07, 6.45) is 3.99. The fourth-order valence-electron chi connectivity index (χ4n) is 2.34. The predicted molar refractivity (Wildman–Crippen MR) is 63.8 cm³/mol. The maximum atomic E-state index is 5.78. The van der Waals surface area contributed by atoms with Crippen LogP contribution in [-0.2, 0) is 4.74 Å². The summed E-state index contributed by atoms with van der Waals surface area (Å²) in [7, 11) is 0. The Balaban J connectivity index is 1.70. The Bertz CT molecular complexity index is 419. The van der Waals surface area contributed by atoms with Crippen molar-refractivity contribution in [1.82, 2.24) is 15.2 Å². The van der Waals surface area contributed by atoms with Crippen LogP contribution < -0.4 is 5.32 Å². The Morgan fingerprint density at radius 2 is 1.94 bits per heavy atom. The lowest BCUT2D eigenvalue weighted by Crippen LogP contribution is -2.32. The number of nitrogens with one attached hydrogen (secondary N) is 1. The van der Waals surface area contributed by atoms with Crippen LogP contribution in [0.3, 0.4) is 0 Å². The first kappa shape index (κ1) is 10.9. The van der Waals surface area contributed by atoms with Crippen molar-refractivity contribution in [1.29, 1.82) is 0 Å². The summed E-state index contributed by atoms with van der Waals surface area (Å²) in [5.41, 5.74) is 1.82. The summed E-state index contributed by atoms with van der Waals surface area (Å²) in [6, 6.07) is 0.353. The Kier molecular flexibility index (Phi) is 2.70. The second-order valence-corrected chi connectivity index (χ2v) is 5.02. The number of ether oxygens (including phenoxy) is 1. The van der Waals surface area contributed by atoms with E-state index in [1.54, 1.807) is 0 Å². The third-order valence-electron chi connectivity index (χ3n) is 3.63. The monoisotopic (exact) mass is 234 g/mol. The van der Waals surface area contributed by atoms with Crippen LogP contribution >= 0.6 is 0 Å². The average molecular weight is 234 g/mol. The third kappa shape index (κ3) is 2.24. The van der Waals surface area contributed by atoms with Crippen LogP contribution in [0.2, 0.25) is 0 Å². The van der Waals surface area contributed by atoms with Crippen molar-refractivity contribution in [2.45, 2.75) is 45.3 Å². The van der Waals surface area contributed by atoms with E-state index in [-0.39, 0.29) is 0 Å². The number of nitrogens with zero attached hydrogens (tertiary/aromatic N) is 3. The highest BCUT2D eigenvalue weighted by Crippen LogP contribution is 2.39. The molecule has 1 aliphatic carbocycles. The van der Waals surface area contributed by atoms with Gasteiger partial charge in [-0.15, -0.1) is 5.10 Å². The molecule has 0 bridgehead atoms. The van der Waals surface area contributed by atoms with Crippen molar-refractivity contribution in [3.8, 4) is 0 Å². The average Bonchev–Trinajstić information content (AvgIpc) is 3.05. The smallest absolute Gasteiger partial charge is 0.243 e. The van der Waals surface area contributed by atoms with E-state index < -0.39 is 0 Å². The molecule has 1 N–H and O–H groups in total. The van der Waals surface area contributed by atoms with E-state index in [1.807, 2.05) is 13.8 Å². The zero-order valence-electron chi connectivity index (χ0n) is 10.3. The van der Waals surface area contributed by atoms with Gasteiger partial charge in [0.05, 0.1) is 23.5 Å². The Morgan fingerprint density at radius 3 is 2.65 bits per heavy atom. The van der Waals surface area contributed by atoms with Crippen molar-refractivity contribution in [2.24, 2.45) is 5.92 Å². The normalized spacial score (nSPS) is 28.4. The fourth-order valence-corrected chi connectivity index (χ4v) is 2.34. The molecular formula is C12H18N4O. The van der Waals surface area contributed by atoms with Crippen molar-refractivity contribution in [2.75, 3.05) is 11.9 Å². The predicted octanol–water partition coefficient (Wildman–Crippen LogP) is 1.47. The number of hydrogen-bond donors (Lipinski definition) is 1. The van der Waals surface area contributed by atoms with Crippen LogP contribution in [0, 0.1) is 19.8 Å². The van der Waals surface area contributed by atoms with Crippen LogP contribution in [0.25, 0.3) is 0 Å². The lowest BCUT2D eigenvalue weighted by molar-refractivity contribution is 0.0897. The maximum absolute atomic E-state index is 5.78. The summed E-state index contributed by atoms with van der Waals surface area (Å²) >= 11 is 0. The second kappa shape index (κ2) is 4.22. The van der Waals surface area contributed by atoms with Gasteiger partial charge in [0.1, 0.15) is 0 Å². The fraction of sp³-hybridized carbons (Fsp3) is 0.750. The van der Waals surface area contributed by atoms with Crippen LogP contribution in [-0.4, -0.2) is 33.9 Å². The number of aromatic nitrogens is 3. The van der Waals surface area contributed by atoms with E-state index in [0.29, 0.717) is 18.1 Å². The summed E-state index contributed by atoms with van der Waals surface area (Å²) in [6.45, 7) is 4.72. The Labute approximate surface area is 101 Å². The Hall–Kier alpha value is -1.23. The molecule has 0 amide bonds. The van der Waals surface area contributed by atoms with Crippen LogP contribution in [0.1, 0.15) is 30.7 Å². The second-order valence-electron chi connectivity index (χ2n) is 5.02. The van der Waals surface area contributed by atoms with Crippen LogP contribution in [0.15, 0.2) is 0 Å². The molecule has 0 spiro atoms. The molecule has 5 heteroatoms. The maximum Gasteiger partial charge on any atom is 0.243 e. The first-order chi connectivity index (χ1) is 8.24. The van der Waals surface area contributed by atoms with Gasteiger partial charge in [-0.3, -0.25) is 0 Å². The lowest BCUT2D eigenvalue weighted by atomic mass is 10.1. The third-order valence-corrected chi connectivity index (χ3v) is 3.63. The largest absolute Gasteiger partial charge is 0.376 e. The molecule has 2 aliphatic rings. The van der Waals surface area contributed by atoms with E-state index in [9.17, 15) is 0 Å². The molecule has 2 unspecified atom stereocenters.